The van der Waals surface area contributed by atoms with Crippen molar-refractivity contribution >= 4 is 29.6 Å². The Balaban J connectivity index is 0.000000320. The number of rotatable bonds is 0. The summed E-state index contributed by atoms with van der Waals surface area (Å²) in [4.78, 5) is 0. The zero-order chi connectivity index (χ0) is 4.69. The average molecular weight is 118 g/mol. The summed E-state index contributed by atoms with van der Waals surface area (Å²) in [5, 5.41) is 0. The number of fused-ring (bicyclic) bond motifs is 2. The van der Waals surface area contributed by atoms with E-state index in [1.54, 1.807) is 5.57 Å². The van der Waals surface area contributed by atoms with Crippen LogP contribution in [0.25, 0.3) is 0 Å². The summed E-state index contributed by atoms with van der Waals surface area (Å²) < 4.78 is 0. The van der Waals surface area contributed by atoms with Crippen LogP contribution in [-0.2, 0) is 0 Å². The number of hydrogen-bond donors (Lipinski definition) is 0. The Morgan fingerprint density at radius 2 is 2.38 bits per heavy atom. The van der Waals surface area contributed by atoms with Crippen molar-refractivity contribution in [1.29, 1.82) is 0 Å². The maximum atomic E-state index is 2.42. The predicted molar refractivity (Wildman–Crippen MR) is 37.2 cm³/mol. The summed E-state index contributed by atoms with van der Waals surface area (Å²) in [6.45, 7) is 0. The van der Waals surface area contributed by atoms with E-state index in [2.05, 4.69) is 6.08 Å². The van der Waals surface area contributed by atoms with Gasteiger partial charge in [-0.2, -0.15) is 0 Å². The molecule has 1 heteroatoms. The van der Waals surface area contributed by atoms with Gasteiger partial charge in [-0.15, -0.1) is 0 Å². The second kappa shape index (κ2) is 2.55. The topological polar surface area (TPSA) is 0 Å². The standard InChI is InChI=1S/C7H10.Na.H/c1-2-7-4-3-6(1)5-7;;/h1,7H,2-5H2;;. The van der Waals surface area contributed by atoms with Crippen molar-refractivity contribution in [2.24, 2.45) is 5.92 Å². The Bertz CT molecular complexity index is 116. The fourth-order valence-electron chi connectivity index (χ4n) is 1.68. The molecule has 40 valence electrons. The summed E-state index contributed by atoms with van der Waals surface area (Å²) in [5.74, 6) is 1.08. The molecule has 0 aromatic rings. The van der Waals surface area contributed by atoms with Gasteiger partial charge in [-0.1, -0.05) is 11.6 Å². The zero-order valence-corrected chi connectivity index (χ0v) is 4.48. The van der Waals surface area contributed by atoms with Crippen molar-refractivity contribution in [3.8, 4) is 0 Å². The van der Waals surface area contributed by atoms with E-state index >= 15 is 0 Å². The van der Waals surface area contributed by atoms with E-state index in [-0.39, 0.29) is 29.6 Å². The van der Waals surface area contributed by atoms with E-state index in [0.717, 1.165) is 5.92 Å². The maximum absolute atomic E-state index is 2.42. The molecule has 2 aliphatic rings. The van der Waals surface area contributed by atoms with Crippen LogP contribution in [-0.4, -0.2) is 29.6 Å². The molecule has 0 heterocycles. The second-order valence-corrected chi connectivity index (χ2v) is 2.71. The quantitative estimate of drug-likeness (QED) is 0.334. The Labute approximate surface area is 72.6 Å². The van der Waals surface area contributed by atoms with Gasteiger partial charge < -0.3 is 0 Å². The molecule has 0 amide bonds. The van der Waals surface area contributed by atoms with Gasteiger partial charge in [0.15, 0.2) is 0 Å². The molecule has 1 atom stereocenters. The summed E-state index contributed by atoms with van der Waals surface area (Å²) >= 11 is 0. The normalized spacial score (nSPS) is 32.0. The van der Waals surface area contributed by atoms with E-state index in [1.807, 2.05) is 0 Å². The molecule has 0 aromatic heterocycles. The SMILES string of the molecule is C1=C2CCC(C1)C2.[NaH]. The molecule has 0 radical (unpaired) electrons. The summed E-state index contributed by atoms with van der Waals surface area (Å²) in [7, 11) is 0. The molecular formula is C7H11Na. The molecule has 1 fully saturated rings. The third-order valence-electron chi connectivity index (χ3n) is 2.16. The van der Waals surface area contributed by atoms with Crippen LogP contribution in [0, 0.1) is 5.92 Å². The molecule has 1 unspecified atom stereocenters. The molecule has 0 spiro atoms. The van der Waals surface area contributed by atoms with E-state index < -0.39 is 0 Å². The molecule has 0 aliphatic heterocycles. The average Bonchev–Trinajstić information content (AvgIpc) is 2.22. The molecular weight excluding hydrogens is 107 g/mol. The van der Waals surface area contributed by atoms with Crippen LogP contribution >= 0.6 is 0 Å². The van der Waals surface area contributed by atoms with Crippen molar-refractivity contribution < 1.29 is 0 Å². The first-order valence-electron chi connectivity index (χ1n) is 3.13. The summed E-state index contributed by atoms with van der Waals surface area (Å²) in [6.07, 6.45) is 8.18. The first kappa shape index (κ1) is 6.85. The van der Waals surface area contributed by atoms with Crippen molar-refractivity contribution in [1.82, 2.24) is 0 Å². The summed E-state index contributed by atoms with van der Waals surface area (Å²) in [5.41, 5.74) is 1.74. The van der Waals surface area contributed by atoms with Gasteiger partial charge in [0.2, 0.25) is 0 Å². The number of allylic oxidation sites excluding steroid dienone is 2. The Morgan fingerprint density at radius 1 is 1.50 bits per heavy atom. The van der Waals surface area contributed by atoms with Crippen molar-refractivity contribution in [2.75, 3.05) is 0 Å². The molecule has 2 bridgehead atoms. The molecule has 0 aromatic carbocycles. The molecule has 2 rings (SSSR count). The second-order valence-electron chi connectivity index (χ2n) is 2.71. The summed E-state index contributed by atoms with van der Waals surface area (Å²) in [6, 6.07) is 0. The molecule has 0 N–H and O–H groups in total. The van der Waals surface area contributed by atoms with Crippen molar-refractivity contribution in [3.63, 3.8) is 0 Å². The van der Waals surface area contributed by atoms with Gasteiger partial charge in [-0.05, 0) is 31.6 Å². The Morgan fingerprint density at radius 3 is 2.50 bits per heavy atom. The minimum atomic E-state index is 0. The first-order valence-corrected chi connectivity index (χ1v) is 3.13. The molecule has 0 nitrogen and oxygen atoms in total. The van der Waals surface area contributed by atoms with E-state index in [9.17, 15) is 0 Å². The van der Waals surface area contributed by atoms with Crippen LogP contribution in [0.3, 0.4) is 0 Å². The van der Waals surface area contributed by atoms with Gasteiger partial charge in [0.1, 0.15) is 0 Å². The van der Waals surface area contributed by atoms with Crippen LogP contribution in [0.5, 0.6) is 0 Å². The fourth-order valence-corrected chi connectivity index (χ4v) is 1.68. The van der Waals surface area contributed by atoms with Gasteiger partial charge in [-0.25, -0.2) is 0 Å². The van der Waals surface area contributed by atoms with Crippen LogP contribution < -0.4 is 0 Å². The van der Waals surface area contributed by atoms with Gasteiger partial charge >= 0.3 is 29.6 Å². The van der Waals surface area contributed by atoms with Gasteiger partial charge in [0, 0.05) is 0 Å². The first-order chi connectivity index (χ1) is 3.45. The van der Waals surface area contributed by atoms with Gasteiger partial charge in [0.05, 0.1) is 0 Å². The van der Waals surface area contributed by atoms with Crippen LogP contribution in [0.2, 0.25) is 0 Å². The van der Waals surface area contributed by atoms with E-state index in [0.29, 0.717) is 0 Å². The van der Waals surface area contributed by atoms with Crippen LogP contribution in [0.15, 0.2) is 11.6 Å². The van der Waals surface area contributed by atoms with Crippen molar-refractivity contribution in [3.05, 3.63) is 11.6 Å². The van der Waals surface area contributed by atoms with Crippen LogP contribution in [0.4, 0.5) is 0 Å². The third kappa shape index (κ3) is 1.02. The molecule has 8 heavy (non-hydrogen) atoms. The third-order valence-corrected chi connectivity index (χ3v) is 2.16. The zero-order valence-electron chi connectivity index (χ0n) is 4.48. The van der Waals surface area contributed by atoms with Crippen LogP contribution in [0.1, 0.15) is 25.7 Å². The van der Waals surface area contributed by atoms with Crippen molar-refractivity contribution in [2.45, 2.75) is 25.7 Å². The monoisotopic (exact) mass is 118 g/mol. The fraction of sp³-hybridized carbons (Fsp3) is 0.714. The van der Waals surface area contributed by atoms with E-state index in [4.69, 9.17) is 0 Å². The molecule has 1 saturated carbocycles. The molecule has 0 saturated heterocycles. The van der Waals surface area contributed by atoms with Gasteiger partial charge in [0.25, 0.3) is 0 Å². The van der Waals surface area contributed by atoms with E-state index in [1.165, 1.54) is 25.7 Å². The Kier molecular flexibility index (Phi) is 2.19. The minimum absolute atomic E-state index is 0. The predicted octanol–water partition coefficient (Wildman–Crippen LogP) is 1.47. The van der Waals surface area contributed by atoms with Gasteiger partial charge in [-0.3, -0.25) is 0 Å². The number of hydrogen-bond acceptors (Lipinski definition) is 0. The Hall–Kier alpha value is 0.740. The molecule has 2 aliphatic carbocycles.